The summed E-state index contributed by atoms with van der Waals surface area (Å²) in [5.41, 5.74) is 0.274. The summed E-state index contributed by atoms with van der Waals surface area (Å²) in [7, 11) is 0. The molecule has 0 aliphatic heterocycles. The second kappa shape index (κ2) is 11.1. The van der Waals surface area contributed by atoms with Gasteiger partial charge in [-0.2, -0.15) is 13.2 Å². The fourth-order valence-corrected chi connectivity index (χ4v) is 2.43. The number of carboxylic acid groups (broad SMARTS) is 2. The number of aryl methyl sites for hydroxylation is 1. The zero-order valence-electron chi connectivity index (χ0n) is 16.8. The van der Waals surface area contributed by atoms with Crippen molar-refractivity contribution in [3.05, 3.63) is 36.9 Å². The summed E-state index contributed by atoms with van der Waals surface area (Å²) in [6.45, 7) is 4.04. The third-order valence-corrected chi connectivity index (χ3v) is 3.75. The van der Waals surface area contributed by atoms with E-state index in [0.717, 1.165) is 5.56 Å². The monoisotopic (exact) mass is 442 g/mol. The van der Waals surface area contributed by atoms with E-state index in [9.17, 15) is 22.8 Å². The van der Waals surface area contributed by atoms with Gasteiger partial charge in [0.2, 0.25) is 0 Å². The lowest BCUT2D eigenvalue weighted by Crippen LogP contribution is -2.38. The molecule has 0 amide bonds. The van der Waals surface area contributed by atoms with Crippen molar-refractivity contribution in [1.82, 2.24) is 15.1 Å². The van der Waals surface area contributed by atoms with E-state index in [1.165, 1.54) is 0 Å². The summed E-state index contributed by atoms with van der Waals surface area (Å²) in [6.07, 6.45) is 2.13. The lowest BCUT2D eigenvalue weighted by Gasteiger charge is -2.20. The molecule has 0 spiro atoms. The minimum atomic E-state index is -5.19. The van der Waals surface area contributed by atoms with Crippen molar-refractivity contribution in [2.75, 3.05) is 0 Å². The van der Waals surface area contributed by atoms with Gasteiger partial charge in [-0.1, -0.05) is 18.5 Å². The molecular weight excluding hydrogens is 421 g/mol. The first kappa shape index (κ1) is 25.6. The van der Waals surface area contributed by atoms with Crippen LogP contribution in [0.15, 0.2) is 36.9 Å². The Hall–Kier alpha value is -3.44. The van der Waals surface area contributed by atoms with Crippen LogP contribution < -0.4 is 9.79 Å². The number of hydrogen-bond donors (Lipinski definition) is 1. The first-order chi connectivity index (χ1) is 14.3. The molecule has 12 heteroatoms. The molecular formula is C19H21F3N4O5. The predicted octanol–water partition coefficient (Wildman–Crippen LogP) is 0.975. The van der Waals surface area contributed by atoms with Gasteiger partial charge < -0.3 is 15.0 Å². The molecule has 1 N–H and O–H groups in total. The summed E-state index contributed by atoms with van der Waals surface area (Å²) >= 11 is 0. The van der Waals surface area contributed by atoms with E-state index in [1.807, 2.05) is 6.07 Å². The summed E-state index contributed by atoms with van der Waals surface area (Å²) in [4.78, 5) is 39.9. The second-order valence-corrected chi connectivity index (χ2v) is 7.24. The normalized spacial score (nSPS) is 11.3. The van der Waals surface area contributed by atoms with Gasteiger partial charge in [0.05, 0.1) is 12.8 Å². The maximum absolute atomic E-state index is 12.0. The highest BCUT2D eigenvalue weighted by Gasteiger charge is 2.29. The number of nitrogens with zero attached hydrogens (tertiary/aromatic N) is 4. The van der Waals surface area contributed by atoms with Crippen molar-refractivity contribution in [2.45, 2.75) is 45.8 Å². The SMILES string of the molecule is CC(C)(CC(=O)O)CC(=O)CC[n+]1ccc(-c2ncccn2)cn1.O=C([O-])C(F)(F)F. The number of halogens is 3. The van der Waals surface area contributed by atoms with Gasteiger partial charge in [-0.25, -0.2) is 9.97 Å². The van der Waals surface area contributed by atoms with Crippen molar-refractivity contribution in [3.63, 3.8) is 0 Å². The Morgan fingerprint density at radius 2 is 1.71 bits per heavy atom. The molecule has 0 aliphatic carbocycles. The Bertz CT molecular complexity index is 888. The number of aromatic nitrogens is 4. The number of carboxylic acids is 2. The van der Waals surface area contributed by atoms with Crippen molar-refractivity contribution < 1.29 is 42.4 Å². The van der Waals surface area contributed by atoms with Gasteiger partial charge in [-0.15, -0.1) is 0 Å². The number of ketones is 1. The highest BCUT2D eigenvalue weighted by molar-refractivity contribution is 5.79. The van der Waals surface area contributed by atoms with Gasteiger partial charge in [0.25, 0.3) is 0 Å². The highest BCUT2D eigenvalue weighted by atomic mass is 19.4. The lowest BCUT2D eigenvalue weighted by molar-refractivity contribution is -0.752. The number of alkyl halides is 3. The predicted molar refractivity (Wildman–Crippen MR) is 96.8 cm³/mol. The molecule has 0 unspecified atom stereocenters. The van der Waals surface area contributed by atoms with Gasteiger partial charge in [-0.3, -0.25) is 9.59 Å². The molecule has 0 bridgehead atoms. The van der Waals surface area contributed by atoms with Crippen molar-refractivity contribution >= 4 is 17.7 Å². The molecule has 0 atom stereocenters. The van der Waals surface area contributed by atoms with Crippen LogP contribution in [-0.4, -0.2) is 44.1 Å². The van der Waals surface area contributed by atoms with Crippen molar-refractivity contribution in [1.29, 1.82) is 0 Å². The van der Waals surface area contributed by atoms with Crippen LogP contribution in [0.1, 0.15) is 33.1 Å². The minimum absolute atomic E-state index is 0.0180. The van der Waals surface area contributed by atoms with Gasteiger partial charge in [-0.05, 0) is 16.6 Å². The maximum Gasteiger partial charge on any atom is 0.430 e. The first-order valence-electron chi connectivity index (χ1n) is 8.95. The molecule has 0 aromatic carbocycles. The Balaban J connectivity index is 0.000000592. The number of carbonyl (C=O) groups excluding carboxylic acids is 2. The fourth-order valence-electron chi connectivity index (χ4n) is 2.43. The number of Topliss-reactive ketones (excluding diaryl/α,β-unsaturated/α-hetero) is 1. The molecule has 2 heterocycles. The third-order valence-electron chi connectivity index (χ3n) is 3.75. The molecule has 0 aliphatic rings. The highest BCUT2D eigenvalue weighted by Crippen LogP contribution is 2.25. The Morgan fingerprint density at radius 1 is 1.13 bits per heavy atom. The first-order valence-corrected chi connectivity index (χ1v) is 8.95. The molecule has 168 valence electrons. The zero-order chi connectivity index (χ0) is 23.7. The number of rotatable bonds is 8. The van der Waals surface area contributed by atoms with Crippen molar-refractivity contribution in [3.8, 4) is 11.4 Å². The van der Waals surface area contributed by atoms with Crippen LogP contribution in [0, 0.1) is 5.41 Å². The van der Waals surface area contributed by atoms with Crippen LogP contribution in [0.2, 0.25) is 0 Å². The van der Waals surface area contributed by atoms with E-state index < -0.39 is 23.5 Å². The van der Waals surface area contributed by atoms with Crippen LogP contribution in [0.5, 0.6) is 0 Å². The van der Waals surface area contributed by atoms with Crippen LogP contribution in [-0.2, 0) is 20.9 Å². The molecule has 0 radical (unpaired) electrons. The molecule has 0 saturated heterocycles. The molecule has 2 aromatic rings. The van der Waals surface area contributed by atoms with E-state index in [1.54, 1.807) is 49.4 Å². The van der Waals surface area contributed by atoms with Gasteiger partial charge >= 0.3 is 12.1 Å². The number of hydrogen-bond acceptors (Lipinski definition) is 7. The average molecular weight is 442 g/mol. The van der Waals surface area contributed by atoms with E-state index >= 15 is 0 Å². The minimum Gasteiger partial charge on any atom is -0.542 e. The quantitative estimate of drug-likeness (QED) is 0.597. The van der Waals surface area contributed by atoms with Crippen LogP contribution in [0.3, 0.4) is 0 Å². The largest absolute Gasteiger partial charge is 0.542 e. The lowest BCUT2D eigenvalue weighted by atomic mass is 9.83. The number of aliphatic carboxylic acids is 2. The molecule has 0 fully saturated rings. The molecule has 9 nitrogen and oxygen atoms in total. The maximum atomic E-state index is 12.0. The Labute approximate surface area is 175 Å². The topological polar surface area (TPSA) is 137 Å². The molecule has 0 saturated carbocycles. The Morgan fingerprint density at radius 3 is 2.16 bits per heavy atom. The summed E-state index contributed by atoms with van der Waals surface area (Å²) in [6, 6.07) is 3.60. The molecule has 2 rings (SSSR count). The summed E-state index contributed by atoms with van der Waals surface area (Å²) in [5.74, 6) is -3.26. The van der Waals surface area contributed by atoms with Gasteiger partial charge in [0.1, 0.15) is 17.9 Å². The van der Waals surface area contributed by atoms with Gasteiger partial charge in [0, 0.05) is 30.4 Å². The third kappa shape index (κ3) is 10.2. The van der Waals surface area contributed by atoms with Crippen LogP contribution in [0.25, 0.3) is 11.4 Å². The van der Waals surface area contributed by atoms with Crippen LogP contribution >= 0.6 is 0 Å². The average Bonchev–Trinajstić information content (AvgIpc) is 2.66. The smallest absolute Gasteiger partial charge is 0.430 e. The Kier molecular flexibility index (Phi) is 9.15. The summed E-state index contributed by atoms with van der Waals surface area (Å²) < 4.78 is 33.2. The summed E-state index contributed by atoms with van der Waals surface area (Å²) in [5, 5.41) is 21.9. The van der Waals surface area contributed by atoms with Crippen LogP contribution in [0.4, 0.5) is 13.2 Å². The molecule has 2 aromatic heterocycles. The van der Waals surface area contributed by atoms with E-state index in [0.29, 0.717) is 18.8 Å². The zero-order valence-corrected chi connectivity index (χ0v) is 16.8. The fraction of sp³-hybridized carbons (Fsp3) is 0.421. The standard InChI is InChI=1S/C17H20N4O3.C2HF3O2/c1-17(2,11-15(23)24)10-14(22)5-9-21-8-4-13(12-20-21)16-18-6-3-7-19-16;3-2(4,5)1(6)7/h3-4,6-8,12H,5,9-11H2,1-2H3;(H,6,7). The van der Waals surface area contributed by atoms with E-state index in [4.69, 9.17) is 15.0 Å². The second-order valence-electron chi connectivity index (χ2n) is 7.24. The van der Waals surface area contributed by atoms with E-state index in [2.05, 4.69) is 15.1 Å². The number of carbonyl (C=O) groups is 3. The van der Waals surface area contributed by atoms with Crippen molar-refractivity contribution in [2.24, 2.45) is 5.41 Å². The van der Waals surface area contributed by atoms with E-state index in [-0.39, 0.29) is 18.6 Å². The molecule has 31 heavy (non-hydrogen) atoms. The van der Waals surface area contributed by atoms with Gasteiger partial charge in [0.15, 0.2) is 18.6 Å².